The number of nitrogens with one attached hydrogen (secondary N) is 1. The Balaban J connectivity index is 1.85. The van der Waals surface area contributed by atoms with Crippen molar-refractivity contribution in [2.45, 2.75) is 38.6 Å². The number of anilines is 1. The number of nitrogens with zero attached hydrogens (tertiary/aromatic N) is 2. The molecule has 1 heterocycles. The lowest BCUT2D eigenvalue weighted by molar-refractivity contribution is 0.413. The van der Waals surface area contributed by atoms with Crippen molar-refractivity contribution < 1.29 is 4.74 Å². The van der Waals surface area contributed by atoms with E-state index in [1.54, 1.807) is 18.4 Å². The van der Waals surface area contributed by atoms with Gasteiger partial charge in [-0.05, 0) is 48.9 Å². The van der Waals surface area contributed by atoms with Crippen LogP contribution in [-0.4, -0.2) is 17.3 Å². The van der Waals surface area contributed by atoms with E-state index in [4.69, 9.17) is 4.74 Å². The predicted octanol–water partition coefficient (Wildman–Crippen LogP) is 3.60. The van der Waals surface area contributed by atoms with Crippen LogP contribution in [0, 0.1) is 0 Å². The molecule has 0 radical (unpaired) electrons. The Morgan fingerprint density at radius 3 is 3.05 bits per heavy atom. The number of hydrogen-bond donors (Lipinski definition) is 1. The second-order valence-corrected chi connectivity index (χ2v) is 6.07. The van der Waals surface area contributed by atoms with E-state index < -0.39 is 0 Å². The highest BCUT2D eigenvalue weighted by Gasteiger charge is 2.21. The lowest BCUT2D eigenvalue weighted by Crippen LogP contribution is -2.17. The van der Waals surface area contributed by atoms with Crippen LogP contribution in [-0.2, 0) is 12.8 Å². The van der Waals surface area contributed by atoms with Crippen LogP contribution in [0.2, 0.25) is 0 Å². The highest BCUT2D eigenvalue weighted by Crippen LogP contribution is 2.35. The molecule has 0 saturated carbocycles. The Hall–Kier alpha value is -1.62. The lowest BCUT2D eigenvalue weighted by atomic mass is 9.87. The Labute approximate surface area is 123 Å². The average molecular weight is 289 g/mol. The second-order valence-electron chi connectivity index (χ2n) is 5.01. The number of aryl methyl sites for hydroxylation is 2. The molecule has 0 spiro atoms. The van der Waals surface area contributed by atoms with Gasteiger partial charge in [-0.15, -0.1) is 10.2 Å². The molecule has 1 aliphatic rings. The summed E-state index contributed by atoms with van der Waals surface area (Å²) in [6.45, 7) is 2.10. The van der Waals surface area contributed by atoms with Crippen molar-refractivity contribution in [2.24, 2.45) is 0 Å². The maximum Gasteiger partial charge on any atom is 0.206 e. The van der Waals surface area contributed by atoms with Crippen molar-refractivity contribution >= 4 is 16.5 Å². The van der Waals surface area contributed by atoms with Gasteiger partial charge in [-0.1, -0.05) is 24.3 Å². The van der Waals surface area contributed by atoms with Crippen molar-refractivity contribution in [3.8, 4) is 5.75 Å². The van der Waals surface area contributed by atoms with Crippen LogP contribution in [0.5, 0.6) is 5.75 Å². The van der Waals surface area contributed by atoms with Crippen LogP contribution in [0.3, 0.4) is 0 Å². The Kier molecular flexibility index (Phi) is 3.87. The zero-order valence-corrected chi connectivity index (χ0v) is 12.7. The first-order chi connectivity index (χ1) is 9.80. The number of aromatic nitrogens is 2. The molecule has 0 bridgehead atoms. The first-order valence-corrected chi connectivity index (χ1v) is 7.87. The van der Waals surface area contributed by atoms with Crippen LogP contribution >= 0.6 is 11.3 Å². The standard InChI is InChI=1S/C15H19N3OS/c1-3-14-17-18-15(20-14)16-13-6-4-5-10-7-8-11(19-2)9-12(10)13/h7-9,13H,3-6H2,1-2H3,(H,16,18). The van der Waals surface area contributed by atoms with Gasteiger partial charge in [0.1, 0.15) is 10.8 Å². The Bertz CT molecular complexity index is 597. The summed E-state index contributed by atoms with van der Waals surface area (Å²) in [5.74, 6) is 0.920. The van der Waals surface area contributed by atoms with E-state index in [1.807, 2.05) is 6.07 Å². The minimum absolute atomic E-state index is 0.312. The van der Waals surface area contributed by atoms with Gasteiger partial charge in [0.05, 0.1) is 13.2 Å². The maximum absolute atomic E-state index is 5.35. The number of ether oxygens (including phenoxy) is 1. The minimum Gasteiger partial charge on any atom is -0.497 e. The molecule has 4 nitrogen and oxygen atoms in total. The van der Waals surface area contributed by atoms with Crippen molar-refractivity contribution in [1.82, 2.24) is 10.2 Å². The van der Waals surface area contributed by atoms with Crippen molar-refractivity contribution in [3.05, 3.63) is 34.3 Å². The van der Waals surface area contributed by atoms with Gasteiger partial charge in [0, 0.05) is 0 Å². The largest absolute Gasteiger partial charge is 0.497 e. The summed E-state index contributed by atoms with van der Waals surface area (Å²) in [6, 6.07) is 6.68. The predicted molar refractivity (Wildman–Crippen MR) is 81.6 cm³/mol. The van der Waals surface area contributed by atoms with Gasteiger partial charge >= 0.3 is 0 Å². The highest BCUT2D eigenvalue weighted by atomic mass is 32.1. The molecule has 1 aliphatic carbocycles. The molecule has 0 amide bonds. The molecular formula is C15H19N3OS. The fourth-order valence-electron chi connectivity index (χ4n) is 2.66. The third-order valence-corrected chi connectivity index (χ3v) is 4.73. The summed E-state index contributed by atoms with van der Waals surface area (Å²) in [7, 11) is 1.71. The molecule has 1 aromatic carbocycles. The fourth-order valence-corrected chi connectivity index (χ4v) is 3.39. The van der Waals surface area contributed by atoms with E-state index in [9.17, 15) is 0 Å². The quantitative estimate of drug-likeness (QED) is 0.934. The van der Waals surface area contributed by atoms with Gasteiger partial charge in [-0.2, -0.15) is 0 Å². The minimum atomic E-state index is 0.312. The lowest BCUT2D eigenvalue weighted by Gasteiger charge is -2.26. The summed E-state index contributed by atoms with van der Waals surface area (Å²) in [5.41, 5.74) is 2.75. The molecule has 1 atom stereocenters. The van der Waals surface area contributed by atoms with Crippen LogP contribution in [0.4, 0.5) is 5.13 Å². The second kappa shape index (κ2) is 5.79. The zero-order chi connectivity index (χ0) is 13.9. The molecule has 0 saturated heterocycles. The van der Waals surface area contributed by atoms with E-state index in [-0.39, 0.29) is 0 Å². The molecule has 2 aromatic rings. The van der Waals surface area contributed by atoms with Crippen LogP contribution in [0.1, 0.15) is 41.9 Å². The Morgan fingerprint density at radius 2 is 2.30 bits per heavy atom. The molecule has 20 heavy (non-hydrogen) atoms. The summed E-state index contributed by atoms with van der Waals surface area (Å²) in [6.07, 6.45) is 4.42. The number of methoxy groups -OCH3 is 1. The highest BCUT2D eigenvalue weighted by molar-refractivity contribution is 7.15. The van der Waals surface area contributed by atoms with E-state index in [1.165, 1.54) is 17.5 Å². The molecule has 1 N–H and O–H groups in total. The first kappa shape index (κ1) is 13.4. The Morgan fingerprint density at radius 1 is 1.40 bits per heavy atom. The molecule has 3 rings (SSSR count). The topological polar surface area (TPSA) is 47.0 Å². The van der Waals surface area contributed by atoms with Crippen molar-refractivity contribution in [2.75, 3.05) is 12.4 Å². The molecule has 0 fully saturated rings. The summed E-state index contributed by atoms with van der Waals surface area (Å²) in [5, 5.41) is 13.9. The van der Waals surface area contributed by atoms with Gasteiger partial charge in [-0.3, -0.25) is 0 Å². The maximum atomic E-state index is 5.35. The van der Waals surface area contributed by atoms with E-state index in [2.05, 4.69) is 34.6 Å². The smallest absolute Gasteiger partial charge is 0.206 e. The fraction of sp³-hybridized carbons (Fsp3) is 0.467. The summed E-state index contributed by atoms with van der Waals surface area (Å²) in [4.78, 5) is 0. The molecule has 106 valence electrons. The van der Waals surface area contributed by atoms with Crippen molar-refractivity contribution in [3.63, 3.8) is 0 Å². The van der Waals surface area contributed by atoms with Crippen LogP contribution in [0.25, 0.3) is 0 Å². The summed E-state index contributed by atoms with van der Waals surface area (Å²) >= 11 is 1.65. The van der Waals surface area contributed by atoms with Gasteiger partial charge in [0.15, 0.2) is 0 Å². The SMILES string of the molecule is CCc1nnc(NC2CCCc3ccc(OC)cc32)s1. The number of hydrogen-bond acceptors (Lipinski definition) is 5. The van der Waals surface area contributed by atoms with E-state index in [0.29, 0.717) is 6.04 Å². The van der Waals surface area contributed by atoms with Gasteiger partial charge in [0.25, 0.3) is 0 Å². The van der Waals surface area contributed by atoms with Crippen molar-refractivity contribution in [1.29, 1.82) is 0 Å². The van der Waals surface area contributed by atoms with Gasteiger partial charge in [0.2, 0.25) is 5.13 Å². The van der Waals surface area contributed by atoms with Gasteiger partial charge in [-0.25, -0.2) is 0 Å². The first-order valence-electron chi connectivity index (χ1n) is 7.06. The molecule has 1 unspecified atom stereocenters. The summed E-state index contributed by atoms with van der Waals surface area (Å²) < 4.78 is 5.35. The average Bonchev–Trinajstić information content (AvgIpc) is 2.95. The molecule has 5 heteroatoms. The number of fused-ring (bicyclic) bond motifs is 1. The third kappa shape index (κ3) is 2.63. The third-order valence-electron chi connectivity index (χ3n) is 3.73. The van der Waals surface area contributed by atoms with E-state index >= 15 is 0 Å². The van der Waals surface area contributed by atoms with Crippen LogP contribution < -0.4 is 10.1 Å². The molecular weight excluding hydrogens is 270 g/mol. The normalized spacial score (nSPS) is 17.6. The zero-order valence-electron chi connectivity index (χ0n) is 11.8. The molecule has 0 aliphatic heterocycles. The monoisotopic (exact) mass is 289 g/mol. The number of rotatable bonds is 4. The van der Waals surface area contributed by atoms with Gasteiger partial charge < -0.3 is 10.1 Å². The van der Waals surface area contributed by atoms with Crippen LogP contribution in [0.15, 0.2) is 18.2 Å². The molecule has 1 aromatic heterocycles. The number of benzene rings is 1. The van der Waals surface area contributed by atoms with E-state index in [0.717, 1.165) is 35.2 Å².